The van der Waals surface area contributed by atoms with Crippen LogP contribution >= 0.6 is 0 Å². The van der Waals surface area contributed by atoms with E-state index in [4.69, 9.17) is 28.4 Å². The maximum Gasteiger partial charge on any atom is 0.306 e. The maximum absolute atomic E-state index is 13.0. The van der Waals surface area contributed by atoms with E-state index in [1.165, 1.54) is 96.3 Å². The number of hydrogen-bond donors (Lipinski definition) is 7. The Kier molecular flexibility index (Phi) is 37.1. The molecule has 0 aromatic rings. The largest absolute Gasteiger partial charge is 0.457 e. The third-order valence-corrected chi connectivity index (χ3v) is 12.3. The highest BCUT2D eigenvalue weighted by atomic mass is 16.7. The van der Waals surface area contributed by atoms with Gasteiger partial charge in [0.2, 0.25) is 0 Å². The summed E-state index contributed by atoms with van der Waals surface area (Å²) >= 11 is 0. The first-order valence-electron chi connectivity index (χ1n) is 26.2. The van der Waals surface area contributed by atoms with Crippen LogP contribution < -0.4 is 0 Å². The smallest absolute Gasteiger partial charge is 0.306 e. The second-order valence-corrected chi connectivity index (χ2v) is 18.3. The van der Waals surface area contributed by atoms with E-state index in [1.54, 1.807) is 0 Å². The molecule has 11 unspecified atom stereocenters. The maximum atomic E-state index is 13.0. The Morgan fingerprint density at radius 3 is 1.54 bits per heavy atom. The molecule has 2 aliphatic heterocycles. The van der Waals surface area contributed by atoms with Gasteiger partial charge in [-0.1, -0.05) is 152 Å². The van der Waals surface area contributed by atoms with Gasteiger partial charge in [-0.05, 0) is 70.6 Å². The van der Waals surface area contributed by atoms with Crippen molar-refractivity contribution in [3.63, 3.8) is 0 Å². The second kappa shape index (κ2) is 40.7. The Bertz CT molecular complexity index is 1290. The van der Waals surface area contributed by atoms with Crippen molar-refractivity contribution in [2.75, 3.05) is 33.0 Å². The van der Waals surface area contributed by atoms with Crippen molar-refractivity contribution >= 4 is 5.97 Å². The highest BCUT2D eigenvalue weighted by Gasteiger charge is 2.47. The SMILES string of the molecule is CC/C=C\C/C=C\C/C=C\CCCCCC(=O)OC(COCCCCCCCCCCCC/C=C\CCCCCCCC)COC1OC(COC2OC(CO)C(O)C(O)C2O)C(O)C(O)C1O. The van der Waals surface area contributed by atoms with E-state index >= 15 is 0 Å². The summed E-state index contributed by atoms with van der Waals surface area (Å²) < 4.78 is 34.2. The van der Waals surface area contributed by atoms with Crippen LogP contribution in [0.25, 0.3) is 0 Å². The molecule has 2 heterocycles. The Morgan fingerprint density at radius 2 is 0.970 bits per heavy atom. The molecule has 14 heteroatoms. The fourth-order valence-electron chi connectivity index (χ4n) is 8.06. The molecule has 390 valence electrons. The topological polar surface area (TPSA) is 214 Å². The summed E-state index contributed by atoms with van der Waals surface area (Å²) in [5.74, 6) is -0.406. The Balaban J connectivity index is 1.75. The molecule has 67 heavy (non-hydrogen) atoms. The van der Waals surface area contributed by atoms with Crippen LogP contribution in [-0.2, 0) is 33.2 Å². The molecule has 0 saturated carbocycles. The van der Waals surface area contributed by atoms with Crippen LogP contribution in [0.3, 0.4) is 0 Å². The van der Waals surface area contributed by atoms with Gasteiger partial charge in [-0.15, -0.1) is 0 Å². The number of carbonyl (C=O) groups excluding carboxylic acids is 1. The van der Waals surface area contributed by atoms with Gasteiger partial charge in [-0.25, -0.2) is 0 Å². The minimum atomic E-state index is -1.71. The molecule has 0 aliphatic carbocycles. The number of ether oxygens (including phenoxy) is 6. The molecule has 0 amide bonds. The summed E-state index contributed by atoms with van der Waals surface area (Å²) in [6, 6.07) is 0. The van der Waals surface area contributed by atoms with Gasteiger partial charge in [0.05, 0.1) is 26.4 Å². The minimum absolute atomic E-state index is 0.0480. The molecular weight excluding hydrogens is 861 g/mol. The van der Waals surface area contributed by atoms with Crippen LogP contribution in [0.2, 0.25) is 0 Å². The fraction of sp³-hybridized carbons (Fsp3) is 0.830. The molecule has 2 saturated heterocycles. The quantitative estimate of drug-likeness (QED) is 0.0176. The third kappa shape index (κ3) is 28.4. The van der Waals surface area contributed by atoms with Gasteiger partial charge in [0.15, 0.2) is 12.6 Å². The van der Waals surface area contributed by atoms with E-state index in [0.29, 0.717) is 13.0 Å². The molecule has 7 N–H and O–H groups in total. The first kappa shape index (κ1) is 61.1. The lowest BCUT2D eigenvalue weighted by atomic mass is 9.98. The number of aliphatic hydroxyl groups excluding tert-OH is 7. The molecule has 0 aromatic carbocycles. The normalized spacial score (nSPS) is 26.5. The number of aliphatic hydroxyl groups is 7. The van der Waals surface area contributed by atoms with E-state index in [1.807, 2.05) is 0 Å². The summed E-state index contributed by atoms with van der Waals surface area (Å²) in [6.45, 7) is 3.53. The molecule has 0 radical (unpaired) electrons. The van der Waals surface area contributed by atoms with Crippen molar-refractivity contribution in [3.05, 3.63) is 48.6 Å². The molecule has 2 rings (SSSR count). The first-order chi connectivity index (χ1) is 32.6. The molecule has 2 fully saturated rings. The van der Waals surface area contributed by atoms with Gasteiger partial charge in [0.1, 0.15) is 54.9 Å². The Morgan fingerprint density at radius 1 is 0.507 bits per heavy atom. The van der Waals surface area contributed by atoms with Crippen molar-refractivity contribution in [1.82, 2.24) is 0 Å². The highest BCUT2D eigenvalue weighted by Crippen LogP contribution is 2.26. The van der Waals surface area contributed by atoms with Gasteiger partial charge < -0.3 is 64.2 Å². The van der Waals surface area contributed by atoms with E-state index in [2.05, 4.69) is 62.5 Å². The van der Waals surface area contributed by atoms with Crippen LogP contribution in [0.4, 0.5) is 0 Å². The van der Waals surface area contributed by atoms with E-state index < -0.39 is 86.7 Å². The van der Waals surface area contributed by atoms with Crippen molar-refractivity contribution in [3.8, 4) is 0 Å². The number of carbonyl (C=O) groups is 1. The van der Waals surface area contributed by atoms with Crippen LogP contribution in [-0.4, -0.2) is 142 Å². The fourth-order valence-corrected chi connectivity index (χ4v) is 8.06. The minimum Gasteiger partial charge on any atom is -0.457 e. The lowest BCUT2D eigenvalue weighted by molar-refractivity contribution is -0.332. The highest BCUT2D eigenvalue weighted by molar-refractivity contribution is 5.69. The van der Waals surface area contributed by atoms with Crippen molar-refractivity contribution < 1.29 is 69.0 Å². The van der Waals surface area contributed by atoms with Crippen molar-refractivity contribution in [2.24, 2.45) is 0 Å². The standard InChI is InChI=1S/C53H94O14/c1-3-5-7-9-11-13-15-17-18-19-20-21-22-23-25-27-29-31-33-35-37-62-39-42(65-45(55)36-34-32-30-28-26-24-16-14-12-10-8-6-4-2)40-63-52-51(61)49(59)47(57)44(67-52)41-64-53-50(60)48(58)46(56)43(38-54)66-53/h6,8,12,14,17-18,24,26,42-44,46-54,56-61H,3-5,7,9-11,13,15-16,19-23,25,27-41H2,1-2H3/b8-6-,14-12-,18-17-,26-24-. The summed E-state index contributed by atoms with van der Waals surface area (Å²) in [7, 11) is 0. The summed E-state index contributed by atoms with van der Waals surface area (Å²) in [5.41, 5.74) is 0. The average molecular weight is 955 g/mol. The lowest BCUT2D eigenvalue weighted by Crippen LogP contribution is -2.61. The van der Waals surface area contributed by atoms with Gasteiger partial charge in [-0.3, -0.25) is 4.79 Å². The summed E-state index contributed by atoms with van der Waals surface area (Å²) in [5, 5.41) is 72.1. The molecule has 0 aromatic heterocycles. The number of rotatable bonds is 41. The van der Waals surface area contributed by atoms with Crippen LogP contribution in [0.1, 0.15) is 181 Å². The van der Waals surface area contributed by atoms with E-state index in [-0.39, 0.29) is 19.6 Å². The number of allylic oxidation sites excluding steroid dienone is 8. The summed E-state index contributed by atoms with van der Waals surface area (Å²) in [4.78, 5) is 13.0. The van der Waals surface area contributed by atoms with Crippen molar-refractivity contribution in [1.29, 1.82) is 0 Å². The van der Waals surface area contributed by atoms with Gasteiger partial charge in [0.25, 0.3) is 0 Å². The van der Waals surface area contributed by atoms with Crippen LogP contribution in [0.15, 0.2) is 48.6 Å². The molecule has 11 atom stereocenters. The number of hydrogen-bond acceptors (Lipinski definition) is 14. The Labute approximate surface area is 403 Å². The molecule has 2 aliphatic rings. The monoisotopic (exact) mass is 955 g/mol. The summed E-state index contributed by atoms with van der Waals surface area (Å²) in [6.07, 6.45) is 30.4. The van der Waals surface area contributed by atoms with Gasteiger partial charge in [-0.2, -0.15) is 0 Å². The number of unbranched alkanes of at least 4 members (excludes halogenated alkanes) is 19. The molecule has 0 bridgehead atoms. The van der Waals surface area contributed by atoms with Crippen molar-refractivity contribution in [2.45, 2.75) is 248 Å². The number of esters is 1. The molecule has 0 spiro atoms. The third-order valence-electron chi connectivity index (χ3n) is 12.3. The predicted octanol–water partition coefficient (Wildman–Crippen LogP) is 7.96. The zero-order chi connectivity index (χ0) is 48.7. The van der Waals surface area contributed by atoms with E-state index in [9.17, 15) is 40.5 Å². The second-order valence-electron chi connectivity index (χ2n) is 18.3. The Hall–Kier alpha value is -2.05. The van der Waals surface area contributed by atoms with Crippen LogP contribution in [0, 0.1) is 0 Å². The molecule has 14 nitrogen and oxygen atoms in total. The average Bonchev–Trinajstić information content (AvgIpc) is 3.32. The van der Waals surface area contributed by atoms with Crippen LogP contribution in [0.5, 0.6) is 0 Å². The predicted molar refractivity (Wildman–Crippen MR) is 261 cm³/mol. The van der Waals surface area contributed by atoms with Gasteiger partial charge >= 0.3 is 5.97 Å². The lowest BCUT2D eigenvalue weighted by Gasteiger charge is -2.42. The van der Waals surface area contributed by atoms with E-state index in [0.717, 1.165) is 57.8 Å². The molecular formula is C53H94O14. The zero-order valence-electron chi connectivity index (χ0n) is 41.4. The van der Waals surface area contributed by atoms with Gasteiger partial charge in [0, 0.05) is 13.0 Å². The zero-order valence-corrected chi connectivity index (χ0v) is 41.4. The first-order valence-corrected chi connectivity index (χ1v) is 26.2.